The van der Waals surface area contributed by atoms with Crippen LogP contribution >= 0.6 is 0 Å². The smallest absolute Gasteiger partial charge is 0.355 e. The summed E-state index contributed by atoms with van der Waals surface area (Å²) in [5.41, 5.74) is 2.70. The number of ketones is 1. The van der Waals surface area contributed by atoms with Crippen LogP contribution in [0.1, 0.15) is 69.7 Å². The highest BCUT2D eigenvalue weighted by Gasteiger charge is 2.28. The van der Waals surface area contributed by atoms with E-state index in [9.17, 15) is 14.4 Å². The van der Waals surface area contributed by atoms with Gasteiger partial charge >= 0.3 is 5.97 Å². The number of benzene rings is 1. The number of hydrogen-bond donors (Lipinski definition) is 0. The number of amides is 1. The molecule has 7 nitrogen and oxygen atoms in total. The van der Waals surface area contributed by atoms with E-state index in [1.165, 1.54) is 0 Å². The summed E-state index contributed by atoms with van der Waals surface area (Å²) in [6.45, 7) is 11.4. The third-order valence-corrected chi connectivity index (χ3v) is 5.39. The molecule has 0 spiro atoms. The van der Waals surface area contributed by atoms with Gasteiger partial charge < -0.3 is 18.9 Å². The molecular weight excluding hydrogens is 408 g/mol. The topological polar surface area (TPSA) is 77.8 Å². The molecule has 1 amide bonds. The van der Waals surface area contributed by atoms with Gasteiger partial charge in [-0.15, -0.1) is 0 Å². The van der Waals surface area contributed by atoms with Crippen LogP contribution in [0.25, 0.3) is 0 Å². The maximum Gasteiger partial charge on any atom is 0.355 e. The SMILES string of the molecule is CCOCCCN(CC(=O)c1c(C)c(C(=O)OCC)n(CC)c1C)C(=O)c1ccccc1. The Kier molecular flexibility index (Phi) is 9.65. The second-order valence-corrected chi connectivity index (χ2v) is 7.47. The van der Waals surface area contributed by atoms with E-state index in [0.717, 1.165) is 0 Å². The first-order chi connectivity index (χ1) is 15.4. The Bertz CT molecular complexity index is 934. The summed E-state index contributed by atoms with van der Waals surface area (Å²) >= 11 is 0. The minimum absolute atomic E-state index is 0.0719. The van der Waals surface area contributed by atoms with Gasteiger partial charge in [0.2, 0.25) is 0 Å². The summed E-state index contributed by atoms with van der Waals surface area (Å²) in [5, 5.41) is 0. The van der Waals surface area contributed by atoms with Crippen molar-refractivity contribution in [3.05, 3.63) is 58.4 Å². The van der Waals surface area contributed by atoms with Gasteiger partial charge in [0.1, 0.15) is 5.69 Å². The first kappa shape index (κ1) is 25.3. The molecule has 0 aliphatic carbocycles. The number of esters is 1. The summed E-state index contributed by atoms with van der Waals surface area (Å²) in [6, 6.07) is 8.93. The lowest BCUT2D eigenvalue weighted by atomic mass is 10.0. The predicted molar refractivity (Wildman–Crippen MR) is 123 cm³/mol. The average Bonchev–Trinajstić information content (AvgIpc) is 3.05. The van der Waals surface area contributed by atoms with Crippen molar-refractivity contribution in [3.63, 3.8) is 0 Å². The van der Waals surface area contributed by atoms with Crippen LogP contribution in [0.5, 0.6) is 0 Å². The molecular formula is C25H34N2O5. The number of carbonyl (C=O) groups excluding carboxylic acids is 3. The van der Waals surface area contributed by atoms with Gasteiger partial charge in [0.25, 0.3) is 5.91 Å². The Labute approximate surface area is 190 Å². The summed E-state index contributed by atoms with van der Waals surface area (Å²) in [4.78, 5) is 40.6. The van der Waals surface area contributed by atoms with Crippen LogP contribution in [-0.2, 0) is 16.0 Å². The van der Waals surface area contributed by atoms with Crippen molar-refractivity contribution < 1.29 is 23.9 Å². The number of Topliss-reactive ketones (excluding diaryl/α,β-unsaturated/α-hetero) is 1. The highest BCUT2D eigenvalue weighted by Crippen LogP contribution is 2.24. The first-order valence-corrected chi connectivity index (χ1v) is 11.2. The van der Waals surface area contributed by atoms with Crippen LogP contribution in [0.15, 0.2) is 30.3 Å². The van der Waals surface area contributed by atoms with E-state index in [1.54, 1.807) is 47.6 Å². The summed E-state index contributed by atoms with van der Waals surface area (Å²) in [6.07, 6.45) is 0.627. The Balaban J connectivity index is 2.34. The van der Waals surface area contributed by atoms with Gasteiger partial charge in [-0.25, -0.2) is 4.79 Å². The molecule has 174 valence electrons. The maximum absolute atomic E-state index is 13.4. The second kappa shape index (κ2) is 12.2. The molecule has 0 saturated heterocycles. The highest BCUT2D eigenvalue weighted by molar-refractivity contribution is 6.06. The van der Waals surface area contributed by atoms with E-state index in [4.69, 9.17) is 9.47 Å². The molecule has 0 radical (unpaired) electrons. The Morgan fingerprint density at radius 3 is 2.28 bits per heavy atom. The highest BCUT2D eigenvalue weighted by atomic mass is 16.5. The van der Waals surface area contributed by atoms with Gasteiger partial charge in [0.15, 0.2) is 5.78 Å². The van der Waals surface area contributed by atoms with Crippen LogP contribution in [0, 0.1) is 13.8 Å². The fourth-order valence-corrected chi connectivity index (χ4v) is 3.93. The quantitative estimate of drug-likeness (QED) is 0.281. The van der Waals surface area contributed by atoms with Crippen molar-refractivity contribution in [2.75, 3.05) is 32.9 Å². The molecule has 1 aromatic heterocycles. The van der Waals surface area contributed by atoms with Crippen LogP contribution in [-0.4, -0.2) is 60.0 Å². The first-order valence-electron chi connectivity index (χ1n) is 11.2. The molecule has 0 aliphatic rings. The lowest BCUT2D eigenvalue weighted by Gasteiger charge is -2.22. The molecule has 2 rings (SSSR count). The molecule has 7 heteroatoms. The summed E-state index contributed by atoms with van der Waals surface area (Å²) in [7, 11) is 0. The van der Waals surface area contributed by atoms with E-state index in [2.05, 4.69) is 0 Å². The third-order valence-electron chi connectivity index (χ3n) is 5.39. The van der Waals surface area contributed by atoms with Gasteiger partial charge in [-0.1, -0.05) is 18.2 Å². The molecule has 0 N–H and O–H groups in total. The zero-order chi connectivity index (χ0) is 23.7. The third kappa shape index (κ3) is 5.85. The molecule has 0 bridgehead atoms. The molecule has 0 saturated carbocycles. The van der Waals surface area contributed by atoms with Crippen LogP contribution < -0.4 is 0 Å². The summed E-state index contributed by atoms with van der Waals surface area (Å²) in [5.74, 6) is -0.840. The zero-order valence-electron chi connectivity index (χ0n) is 19.8. The lowest BCUT2D eigenvalue weighted by molar-refractivity contribution is 0.0512. The van der Waals surface area contributed by atoms with E-state index in [0.29, 0.717) is 60.8 Å². The van der Waals surface area contributed by atoms with E-state index in [-0.39, 0.29) is 24.8 Å². The van der Waals surface area contributed by atoms with Gasteiger partial charge in [0, 0.05) is 43.1 Å². The van der Waals surface area contributed by atoms with Crippen molar-refractivity contribution in [2.24, 2.45) is 0 Å². The Hall–Kier alpha value is -2.93. The Morgan fingerprint density at radius 2 is 1.69 bits per heavy atom. The largest absolute Gasteiger partial charge is 0.461 e. The van der Waals surface area contributed by atoms with Crippen molar-refractivity contribution in [2.45, 2.75) is 47.6 Å². The fourth-order valence-electron chi connectivity index (χ4n) is 3.93. The minimum atomic E-state index is -0.442. The number of nitrogens with zero attached hydrogens (tertiary/aromatic N) is 2. The normalized spacial score (nSPS) is 10.8. The number of ether oxygens (including phenoxy) is 2. The van der Waals surface area contributed by atoms with Crippen LogP contribution in [0.3, 0.4) is 0 Å². The predicted octanol–water partition coefficient (Wildman–Crippen LogP) is 4.05. The summed E-state index contributed by atoms with van der Waals surface area (Å²) < 4.78 is 12.4. The molecule has 0 aliphatic heterocycles. The molecule has 32 heavy (non-hydrogen) atoms. The standard InChI is InChI=1S/C25H34N2O5/c1-6-27-19(5)22(18(4)23(27)25(30)32-8-3)21(28)17-26(15-12-16-31-7-2)24(29)20-13-10-9-11-14-20/h9-11,13-14H,6-8,12,15-17H2,1-5H3. The van der Waals surface area contributed by atoms with Gasteiger partial charge in [-0.2, -0.15) is 0 Å². The lowest BCUT2D eigenvalue weighted by Crippen LogP contribution is -2.37. The molecule has 2 aromatic rings. The molecule has 0 unspecified atom stereocenters. The van der Waals surface area contributed by atoms with Gasteiger partial charge in [0.05, 0.1) is 13.2 Å². The van der Waals surface area contributed by atoms with E-state index in [1.807, 2.05) is 26.8 Å². The van der Waals surface area contributed by atoms with E-state index >= 15 is 0 Å². The monoisotopic (exact) mass is 442 g/mol. The zero-order valence-corrected chi connectivity index (χ0v) is 19.8. The average molecular weight is 443 g/mol. The van der Waals surface area contributed by atoms with Crippen LogP contribution in [0.4, 0.5) is 0 Å². The van der Waals surface area contributed by atoms with Crippen LogP contribution in [0.2, 0.25) is 0 Å². The van der Waals surface area contributed by atoms with Gasteiger partial charge in [-0.3, -0.25) is 9.59 Å². The van der Waals surface area contributed by atoms with Gasteiger partial charge in [-0.05, 0) is 58.7 Å². The number of carbonyl (C=O) groups is 3. The number of hydrogen-bond acceptors (Lipinski definition) is 5. The van der Waals surface area contributed by atoms with Crippen molar-refractivity contribution in [1.82, 2.24) is 9.47 Å². The fraction of sp³-hybridized carbons (Fsp3) is 0.480. The molecule has 1 heterocycles. The van der Waals surface area contributed by atoms with Crippen molar-refractivity contribution in [1.29, 1.82) is 0 Å². The number of rotatable bonds is 12. The molecule has 0 atom stereocenters. The minimum Gasteiger partial charge on any atom is -0.461 e. The Morgan fingerprint density at radius 1 is 1.00 bits per heavy atom. The van der Waals surface area contributed by atoms with E-state index < -0.39 is 5.97 Å². The maximum atomic E-state index is 13.4. The molecule has 0 fully saturated rings. The van der Waals surface area contributed by atoms with Crippen molar-refractivity contribution >= 4 is 17.7 Å². The second-order valence-electron chi connectivity index (χ2n) is 7.47. The number of aromatic nitrogens is 1. The van der Waals surface area contributed by atoms with Crippen molar-refractivity contribution in [3.8, 4) is 0 Å². The molecule has 1 aromatic carbocycles.